The number of pyridine rings is 1. The zero-order valence-electron chi connectivity index (χ0n) is 24.6. The summed E-state index contributed by atoms with van der Waals surface area (Å²) in [6.45, 7) is 1.71. The largest absolute Gasteiger partial charge is 0.478 e. The van der Waals surface area contributed by atoms with Gasteiger partial charge in [0.15, 0.2) is 6.29 Å². The van der Waals surface area contributed by atoms with Crippen LogP contribution in [0, 0.1) is 5.92 Å². The Balaban J connectivity index is 1.33. The highest BCUT2D eigenvalue weighted by Gasteiger charge is 2.47. The van der Waals surface area contributed by atoms with E-state index in [4.69, 9.17) is 9.47 Å². The number of halogens is 3. The van der Waals surface area contributed by atoms with Crippen molar-refractivity contribution in [3.63, 3.8) is 0 Å². The quantitative estimate of drug-likeness (QED) is 0.260. The Hall–Kier alpha value is -3.98. The number of benzene rings is 2. The molecule has 3 heterocycles. The van der Waals surface area contributed by atoms with Crippen molar-refractivity contribution in [2.45, 2.75) is 62.1 Å². The third-order valence-electron chi connectivity index (χ3n) is 8.02. The Morgan fingerprint density at radius 1 is 1.04 bits per heavy atom. The van der Waals surface area contributed by atoms with Crippen LogP contribution in [0.2, 0.25) is 0 Å². The smallest absolute Gasteiger partial charge is 0.471 e. The van der Waals surface area contributed by atoms with Crippen LogP contribution in [0.1, 0.15) is 59.2 Å². The van der Waals surface area contributed by atoms with Crippen LogP contribution in [0.3, 0.4) is 0 Å². The number of amides is 2. The predicted molar refractivity (Wildman–Crippen MR) is 161 cm³/mol. The Morgan fingerprint density at radius 3 is 2.39 bits per heavy atom. The first-order valence-corrected chi connectivity index (χ1v) is 15.5. The average Bonchev–Trinajstić information content (AvgIpc) is 3.54. The number of anilines is 1. The molecule has 5 atom stereocenters. The van der Waals surface area contributed by atoms with Gasteiger partial charge in [-0.25, -0.2) is 9.78 Å². The molecule has 1 aromatic heterocycles. The molecule has 0 saturated carbocycles. The molecule has 2 aliphatic rings. The van der Waals surface area contributed by atoms with Gasteiger partial charge in [-0.2, -0.15) is 13.2 Å². The number of nitrogens with one attached hydrogen (secondary N) is 1. The number of aliphatic hydroxyl groups excluding tert-OH is 1. The lowest BCUT2D eigenvalue weighted by Crippen LogP contribution is -2.48. The number of ether oxygens (including phenoxy) is 2. The van der Waals surface area contributed by atoms with Crippen LogP contribution in [0.5, 0.6) is 0 Å². The number of carbonyl (C=O) groups excluding carboxylic acids is 2. The molecule has 0 spiro atoms. The van der Waals surface area contributed by atoms with Crippen molar-refractivity contribution < 1.29 is 47.2 Å². The van der Waals surface area contributed by atoms with E-state index in [0.717, 1.165) is 11.1 Å². The molecule has 2 fully saturated rings. The Labute approximate surface area is 266 Å². The highest BCUT2D eigenvalue weighted by Crippen LogP contribution is 2.43. The van der Waals surface area contributed by atoms with Crippen molar-refractivity contribution in [1.29, 1.82) is 0 Å². The normalized spacial score (nSPS) is 23.2. The molecule has 3 aromatic rings. The number of hydrogen-bond donors (Lipinski definition) is 3. The summed E-state index contributed by atoms with van der Waals surface area (Å²) in [6.07, 6.45) is -4.82. The molecule has 3 N–H and O–H groups in total. The molecule has 0 aliphatic carbocycles. The second-order valence-electron chi connectivity index (χ2n) is 11.1. The Morgan fingerprint density at radius 2 is 1.74 bits per heavy atom. The molecule has 244 valence electrons. The van der Waals surface area contributed by atoms with Crippen molar-refractivity contribution in [3.8, 4) is 0 Å². The van der Waals surface area contributed by atoms with Crippen LogP contribution in [0.25, 0.3) is 0 Å². The summed E-state index contributed by atoms with van der Waals surface area (Å²) in [5.74, 6) is -3.63. The summed E-state index contributed by atoms with van der Waals surface area (Å²) >= 11 is 1.26. The molecule has 2 aromatic carbocycles. The van der Waals surface area contributed by atoms with Crippen molar-refractivity contribution in [1.82, 2.24) is 9.88 Å². The fourth-order valence-corrected chi connectivity index (χ4v) is 6.68. The van der Waals surface area contributed by atoms with Gasteiger partial charge in [0.2, 0.25) is 5.91 Å². The van der Waals surface area contributed by atoms with Gasteiger partial charge in [0, 0.05) is 35.7 Å². The van der Waals surface area contributed by atoms with Gasteiger partial charge in [0.1, 0.15) is 11.1 Å². The second-order valence-corrected chi connectivity index (χ2v) is 12.1. The number of alkyl halides is 3. The van der Waals surface area contributed by atoms with Crippen LogP contribution in [0.15, 0.2) is 71.9 Å². The maximum absolute atomic E-state index is 13.0. The number of carboxylic acids is 1. The lowest BCUT2D eigenvalue weighted by Gasteiger charge is -2.41. The number of thioether (sulfide) groups is 1. The zero-order chi connectivity index (χ0) is 33.0. The molecule has 2 saturated heterocycles. The third kappa shape index (κ3) is 7.52. The van der Waals surface area contributed by atoms with E-state index in [1.165, 1.54) is 24.0 Å². The molecule has 0 bridgehead atoms. The number of hydrogen-bond acceptors (Lipinski definition) is 8. The van der Waals surface area contributed by atoms with Gasteiger partial charge in [-0.05, 0) is 48.2 Å². The van der Waals surface area contributed by atoms with E-state index in [1.54, 1.807) is 42.5 Å². The third-order valence-corrected chi connectivity index (χ3v) is 9.11. The van der Waals surface area contributed by atoms with E-state index in [2.05, 4.69) is 10.3 Å². The highest BCUT2D eigenvalue weighted by molar-refractivity contribution is 7.99. The predicted octanol–water partition coefficient (Wildman–Crippen LogP) is 5.35. The van der Waals surface area contributed by atoms with E-state index >= 15 is 0 Å². The number of aromatic carboxylic acids is 1. The van der Waals surface area contributed by atoms with Gasteiger partial charge in [-0.1, -0.05) is 43.3 Å². The SMILES string of the molecule is CC1C(CSc2ncccc2C(=O)O)OC(c2ccc(NC(=O)C3CCCN3C(=O)C(F)(F)F)cc2)OC1c1ccc(CO)cc1. The summed E-state index contributed by atoms with van der Waals surface area (Å²) in [6, 6.07) is 15.6. The van der Waals surface area contributed by atoms with E-state index < -0.39 is 48.5 Å². The van der Waals surface area contributed by atoms with Crippen molar-refractivity contribution in [3.05, 3.63) is 89.1 Å². The average molecular weight is 660 g/mol. The first kappa shape index (κ1) is 33.4. The molecule has 5 unspecified atom stereocenters. The van der Waals surface area contributed by atoms with Crippen LogP contribution in [-0.2, 0) is 25.7 Å². The summed E-state index contributed by atoms with van der Waals surface area (Å²) in [7, 11) is 0. The van der Waals surface area contributed by atoms with Gasteiger partial charge in [0.25, 0.3) is 0 Å². The fourth-order valence-electron chi connectivity index (χ4n) is 5.53. The van der Waals surface area contributed by atoms with Crippen molar-refractivity contribution in [2.24, 2.45) is 5.92 Å². The van der Waals surface area contributed by atoms with Crippen molar-refractivity contribution in [2.75, 3.05) is 17.6 Å². The van der Waals surface area contributed by atoms with Gasteiger partial charge in [-0.15, -0.1) is 11.8 Å². The number of carboxylic acid groups (broad SMARTS) is 1. The van der Waals surface area contributed by atoms with E-state index in [0.29, 0.717) is 26.9 Å². The molecule has 10 nitrogen and oxygen atoms in total. The minimum atomic E-state index is -5.06. The topological polar surface area (TPSA) is 138 Å². The van der Waals surface area contributed by atoms with Gasteiger partial charge in [0.05, 0.1) is 24.4 Å². The Kier molecular flexibility index (Phi) is 10.3. The molecule has 14 heteroatoms. The van der Waals surface area contributed by atoms with E-state index in [1.807, 2.05) is 19.1 Å². The lowest BCUT2D eigenvalue weighted by atomic mass is 9.91. The summed E-state index contributed by atoms with van der Waals surface area (Å²) < 4.78 is 51.8. The molecule has 0 radical (unpaired) electrons. The summed E-state index contributed by atoms with van der Waals surface area (Å²) in [5.41, 5.74) is 2.61. The van der Waals surface area contributed by atoms with E-state index in [-0.39, 0.29) is 37.5 Å². The first-order valence-electron chi connectivity index (χ1n) is 14.6. The van der Waals surface area contributed by atoms with Crippen LogP contribution >= 0.6 is 11.8 Å². The molecule has 46 heavy (non-hydrogen) atoms. The number of rotatable bonds is 9. The minimum absolute atomic E-state index is 0.0843. The minimum Gasteiger partial charge on any atom is -0.478 e. The van der Waals surface area contributed by atoms with Gasteiger partial charge in [-0.3, -0.25) is 9.59 Å². The standard InChI is InChI=1S/C32H32F3N3O7S/c1-18-25(17-46-28-23(29(41)42)4-2-14-36-28)44-30(45-26(18)20-8-6-19(16-39)7-9-20)21-10-12-22(13-11-21)37-27(40)24-5-3-15-38(24)31(43)32(33,34)35/h2,4,6-14,18,24-26,30,39H,3,5,15-17H2,1H3,(H,37,40)(H,41,42). The maximum Gasteiger partial charge on any atom is 0.471 e. The second kappa shape index (κ2) is 14.2. The van der Waals surface area contributed by atoms with Crippen LogP contribution in [0.4, 0.5) is 18.9 Å². The summed E-state index contributed by atoms with van der Waals surface area (Å²) in [5, 5.41) is 22.0. The molecule has 2 amide bonds. The van der Waals surface area contributed by atoms with Gasteiger partial charge < -0.3 is 29.9 Å². The molecular formula is C32H32F3N3O7S. The number of likely N-dealkylation sites (tertiary alicyclic amines) is 1. The van der Waals surface area contributed by atoms with Crippen LogP contribution in [-0.4, -0.2) is 68.5 Å². The molecule has 5 rings (SSSR count). The Bertz CT molecular complexity index is 1560. The number of carbonyl (C=O) groups is 3. The van der Waals surface area contributed by atoms with E-state index in [9.17, 15) is 37.8 Å². The lowest BCUT2D eigenvalue weighted by molar-refractivity contribution is -0.268. The number of nitrogens with zero attached hydrogens (tertiary/aromatic N) is 2. The van der Waals surface area contributed by atoms with Gasteiger partial charge >= 0.3 is 18.1 Å². The molecular weight excluding hydrogens is 627 g/mol. The first-order chi connectivity index (χ1) is 22.0. The fraction of sp³-hybridized carbons (Fsp3) is 0.375. The zero-order valence-corrected chi connectivity index (χ0v) is 25.5. The highest BCUT2D eigenvalue weighted by atomic mass is 32.2. The number of aliphatic hydroxyl groups is 1. The van der Waals surface area contributed by atoms with Crippen molar-refractivity contribution >= 4 is 35.2 Å². The molecule has 2 aliphatic heterocycles. The maximum atomic E-state index is 13.0. The number of aromatic nitrogens is 1. The monoisotopic (exact) mass is 659 g/mol. The summed E-state index contributed by atoms with van der Waals surface area (Å²) in [4.78, 5) is 41.1. The van der Waals surface area contributed by atoms with Crippen LogP contribution < -0.4 is 5.32 Å².